The van der Waals surface area contributed by atoms with E-state index >= 15 is 0 Å². The van der Waals surface area contributed by atoms with Crippen molar-refractivity contribution >= 4 is 17.6 Å². The number of allylic oxidation sites excluding steroid dienone is 4. The van der Waals surface area contributed by atoms with Crippen LogP contribution < -0.4 is 9.47 Å². The highest BCUT2D eigenvalue weighted by atomic mass is 16.6. The van der Waals surface area contributed by atoms with Gasteiger partial charge in [-0.2, -0.15) is 0 Å². The van der Waals surface area contributed by atoms with Gasteiger partial charge in [-0.05, 0) is 70.6 Å². The molecule has 38 heavy (non-hydrogen) atoms. The summed E-state index contributed by atoms with van der Waals surface area (Å²) in [5, 5.41) is 11.6. The molecule has 3 rings (SSSR count). The zero-order valence-electron chi connectivity index (χ0n) is 22.2. The Bertz CT molecular complexity index is 1350. The van der Waals surface area contributed by atoms with Crippen LogP contribution >= 0.6 is 0 Å². The van der Waals surface area contributed by atoms with E-state index in [1.807, 2.05) is 19.9 Å². The van der Waals surface area contributed by atoms with E-state index < -0.39 is 16.9 Å². The molecule has 0 spiro atoms. The molecule has 2 aromatic carbocycles. The minimum atomic E-state index is -0.831. The number of carbonyl (C=O) groups is 2. The van der Waals surface area contributed by atoms with Crippen LogP contribution in [0.2, 0.25) is 0 Å². The maximum atomic E-state index is 13.2. The van der Waals surface area contributed by atoms with Crippen LogP contribution in [0.1, 0.15) is 72.5 Å². The Morgan fingerprint density at radius 3 is 2.63 bits per heavy atom. The van der Waals surface area contributed by atoms with Gasteiger partial charge in [-0.1, -0.05) is 42.0 Å². The van der Waals surface area contributed by atoms with Crippen LogP contribution in [0.4, 0.5) is 5.69 Å². The Labute approximate surface area is 223 Å². The number of carbonyl (C=O) groups excluding carboxylic acids is 2. The molecule has 7 nitrogen and oxygen atoms in total. The normalized spacial score (nSPS) is 13.3. The third kappa shape index (κ3) is 6.54. The largest absolute Gasteiger partial charge is 0.423 e. The molecule has 0 saturated carbocycles. The van der Waals surface area contributed by atoms with Crippen molar-refractivity contribution in [3.8, 4) is 11.5 Å². The van der Waals surface area contributed by atoms with E-state index in [1.165, 1.54) is 12.1 Å². The Morgan fingerprint density at radius 1 is 1.26 bits per heavy atom. The molecule has 0 fully saturated rings. The summed E-state index contributed by atoms with van der Waals surface area (Å²) < 4.78 is 11.6. The molecule has 0 bridgehead atoms. The number of ether oxygens (including phenoxy) is 2. The summed E-state index contributed by atoms with van der Waals surface area (Å²) in [4.78, 5) is 37.1. The number of fused-ring (bicyclic) bond motifs is 1. The van der Waals surface area contributed by atoms with Crippen molar-refractivity contribution in [3.05, 3.63) is 111 Å². The second-order valence-corrected chi connectivity index (χ2v) is 9.66. The fourth-order valence-electron chi connectivity index (χ4n) is 4.50. The summed E-state index contributed by atoms with van der Waals surface area (Å²) in [6.45, 7) is 17.3. The predicted octanol–water partition coefficient (Wildman–Crippen LogP) is 7.49. The van der Waals surface area contributed by atoms with Crippen molar-refractivity contribution in [2.45, 2.75) is 58.8 Å². The number of rotatable bonds is 11. The highest BCUT2D eigenvalue weighted by Gasteiger charge is 2.28. The Kier molecular flexibility index (Phi) is 9.18. The SMILES string of the molecule is C=CCCC1=CCc2cc(OC(=O)c3c(C)cccc3[N+](=O)[O-])cc([C@@H](CCC(=C)C)C(=C)C)c2OC1=O. The first kappa shape index (κ1) is 28.3. The van der Waals surface area contributed by atoms with E-state index in [9.17, 15) is 19.7 Å². The summed E-state index contributed by atoms with van der Waals surface area (Å²) in [5.41, 5.74) is 3.76. The zero-order chi connectivity index (χ0) is 28.0. The first-order chi connectivity index (χ1) is 18.0. The van der Waals surface area contributed by atoms with Gasteiger partial charge in [-0.25, -0.2) is 9.59 Å². The summed E-state index contributed by atoms with van der Waals surface area (Å²) in [5.74, 6) is -0.817. The molecular weight excluding hydrogens is 482 g/mol. The van der Waals surface area contributed by atoms with Crippen LogP contribution in [0.25, 0.3) is 0 Å². The van der Waals surface area contributed by atoms with E-state index in [4.69, 9.17) is 9.47 Å². The van der Waals surface area contributed by atoms with Gasteiger partial charge in [0, 0.05) is 28.7 Å². The fraction of sp³-hybridized carbons (Fsp3) is 0.290. The summed E-state index contributed by atoms with van der Waals surface area (Å²) in [6, 6.07) is 7.73. The van der Waals surface area contributed by atoms with Gasteiger partial charge in [0.05, 0.1) is 4.92 Å². The summed E-state index contributed by atoms with van der Waals surface area (Å²) >= 11 is 0. The smallest absolute Gasteiger partial charge is 0.350 e. The lowest BCUT2D eigenvalue weighted by atomic mass is 9.85. The van der Waals surface area contributed by atoms with Crippen molar-refractivity contribution in [3.63, 3.8) is 0 Å². The number of hydrogen-bond donors (Lipinski definition) is 0. The number of aryl methyl sites for hydroxylation is 1. The molecule has 0 unspecified atom stereocenters. The lowest BCUT2D eigenvalue weighted by Crippen LogP contribution is -2.15. The van der Waals surface area contributed by atoms with E-state index in [-0.39, 0.29) is 22.9 Å². The molecule has 0 radical (unpaired) electrons. The number of nitro groups is 1. The van der Waals surface area contributed by atoms with Gasteiger partial charge in [0.1, 0.15) is 17.1 Å². The molecule has 0 aromatic heterocycles. The minimum absolute atomic E-state index is 0.106. The topological polar surface area (TPSA) is 95.7 Å². The summed E-state index contributed by atoms with van der Waals surface area (Å²) in [7, 11) is 0. The molecule has 198 valence electrons. The Hall–Kier alpha value is -4.26. The third-order valence-electron chi connectivity index (χ3n) is 6.50. The second kappa shape index (κ2) is 12.3. The highest BCUT2D eigenvalue weighted by molar-refractivity contribution is 5.97. The van der Waals surface area contributed by atoms with Crippen LogP contribution in [0, 0.1) is 17.0 Å². The van der Waals surface area contributed by atoms with Gasteiger partial charge in [0.25, 0.3) is 5.69 Å². The molecule has 7 heteroatoms. The van der Waals surface area contributed by atoms with Gasteiger partial charge < -0.3 is 9.47 Å². The van der Waals surface area contributed by atoms with Crippen LogP contribution in [-0.2, 0) is 11.2 Å². The molecule has 1 aliphatic heterocycles. The molecule has 1 heterocycles. The Morgan fingerprint density at radius 2 is 2.00 bits per heavy atom. The van der Waals surface area contributed by atoms with Gasteiger partial charge >= 0.3 is 11.9 Å². The maximum Gasteiger partial charge on any atom is 0.350 e. The number of nitrogens with zero attached hydrogens (tertiary/aromatic N) is 1. The number of esters is 2. The van der Waals surface area contributed by atoms with Crippen LogP contribution in [0.15, 0.2) is 78.9 Å². The van der Waals surface area contributed by atoms with Gasteiger partial charge in [-0.3, -0.25) is 10.1 Å². The molecule has 0 aliphatic carbocycles. The lowest BCUT2D eigenvalue weighted by molar-refractivity contribution is -0.385. The van der Waals surface area contributed by atoms with Crippen molar-refractivity contribution < 1.29 is 24.0 Å². The Balaban J connectivity index is 2.11. The molecule has 1 atom stereocenters. The first-order valence-electron chi connectivity index (χ1n) is 12.5. The van der Waals surface area contributed by atoms with Crippen molar-refractivity contribution in [2.24, 2.45) is 0 Å². The summed E-state index contributed by atoms with van der Waals surface area (Å²) in [6.07, 6.45) is 6.49. The number of benzene rings is 2. The van der Waals surface area contributed by atoms with Crippen molar-refractivity contribution in [2.75, 3.05) is 0 Å². The average Bonchev–Trinajstić information content (AvgIpc) is 3.00. The monoisotopic (exact) mass is 515 g/mol. The van der Waals surface area contributed by atoms with E-state index in [0.717, 1.165) is 17.6 Å². The van der Waals surface area contributed by atoms with Crippen molar-refractivity contribution in [1.29, 1.82) is 0 Å². The predicted molar refractivity (Wildman–Crippen MR) is 148 cm³/mol. The highest BCUT2D eigenvalue weighted by Crippen LogP contribution is 2.42. The lowest BCUT2D eigenvalue weighted by Gasteiger charge is -2.23. The first-order valence-corrected chi connectivity index (χ1v) is 12.5. The van der Waals surface area contributed by atoms with Gasteiger partial charge in [0.2, 0.25) is 0 Å². The van der Waals surface area contributed by atoms with Gasteiger partial charge in [-0.15, -0.1) is 13.2 Å². The molecule has 0 saturated heterocycles. The van der Waals surface area contributed by atoms with Crippen LogP contribution in [0.5, 0.6) is 11.5 Å². The van der Waals surface area contributed by atoms with E-state index in [0.29, 0.717) is 53.7 Å². The quantitative estimate of drug-likeness (QED) is 0.101. The van der Waals surface area contributed by atoms with Crippen molar-refractivity contribution in [1.82, 2.24) is 0 Å². The second-order valence-electron chi connectivity index (χ2n) is 9.66. The fourth-order valence-corrected chi connectivity index (χ4v) is 4.50. The van der Waals surface area contributed by atoms with Crippen LogP contribution in [-0.4, -0.2) is 16.9 Å². The zero-order valence-corrected chi connectivity index (χ0v) is 22.2. The number of nitro benzene ring substituents is 1. The van der Waals surface area contributed by atoms with Gasteiger partial charge in [0.15, 0.2) is 0 Å². The third-order valence-corrected chi connectivity index (χ3v) is 6.50. The maximum absolute atomic E-state index is 13.2. The standard InChI is InChI=1S/C31H33NO6/c1-7-8-11-22-14-15-23-17-24(37-31(34)28-21(6)10-9-12-27(28)32(35)36)18-26(29(23)38-30(22)33)25(20(4)5)16-13-19(2)3/h7,9-10,12,14,17-18,25H,1-2,4,8,11,13,15-16H2,3,5-6H3/t25-/m0/s1. The number of hydrogen-bond acceptors (Lipinski definition) is 6. The molecule has 2 aromatic rings. The average molecular weight is 516 g/mol. The minimum Gasteiger partial charge on any atom is -0.423 e. The van der Waals surface area contributed by atoms with E-state index in [2.05, 4.69) is 19.7 Å². The molecule has 1 aliphatic rings. The van der Waals surface area contributed by atoms with E-state index in [1.54, 1.807) is 31.2 Å². The molecule has 0 amide bonds. The van der Waals surface area contributed by atoms with Crippen LogP contribution in [0.3, 0.4) is 0 Å². The molecular formula is C31H33NO6. The molecule has 0 N–H and O–H groups in total.